The lowest BCUT2D eigenvalue weighted by molar-refractivity contribution is -0.147. The molecule has 1 aromatic heterocycles. The lowest BCUT2D eigenvalue weighted by atomic mass is 10.1. The van der Waals surface area contributed by atoms with E-state index in [0.717, 1.165) is 32.1 Å². The highest BCUT2D eigenvalue weighted by atomic mass is 16.5. The second kappa shape index (κ2) is 15.0. The predicted molar refractivity (Wildman–Crippen MR) is 114 cm³/mol. The Balaban J connectivity index is 2.76. The maximum Gasteiger partial charge on any atom is 0.328 e. The van der Waals surface area contributed by atoms with E-state index < -0.39 is 29.6 Å². The Morgan fingerprint density at radius 2 is 1.71 bits per heavy atom. The van der Waals surface area contributed by atoms with Crippen LogP contribution in [0.2, 0.25) is 0 Å². The van der Waals surface area contributed by atoms with Crippen molar-refractivity contribution in [2.75, 3.05) is 20.3 Å². The minimum absolute atomic E-state index is 0.00962. The largest absolute Gasteiger partial charge is 0.503 e. The molecule has 1 heterocycles. The van der Waals surface area contributed by atoms with E-state index in [4.69, 9.17) is 14.2 Å². The third kappa shape index (κ3) is 9.67. The van der Waals surface area contributed by atoms with E-state index in [-0.39, 0.29) is 30.9 Å². The first-order chi connectivity index (χ1) is 14.9. The summed E-state index contributed by atoms with van der Waals surface area (Å²) in [6, 6.07) is 0.324. The van der Waals surface area contributed by atoms with E-state index in [1.165, 1.54) is 19.4 Å². The summed E-state index contributed by atoms with van der Waals surface area (Å²) < 4.78 is 15.4. The molecule has 0 aromatic carbocycles. The van der Waals surface area contributed by atoms with E-state index in [1.807, 2.05) is 6.92 Å². The third-order valence-corrected chi connectivity index (χ3v) is 4.55. The van der Waals surface area contributed by atoms with Crippen LogP contribution in [0.3, 0.4) is 0 Å². The quantitative estimate of drug-likeness (QED) is 0.316. The Bertz CT molecular complexity index is 709. The zero-order valence-electron chi connectivity index (χ0n) is 18.6. The van der Waals surface area contributed by atoms with Gasteiger partial charge in [-0.3, -0.25) is 9.59 Å². The molecule has 0 aliphatic heterocycles. The van der Waals surface area contributed by atoms with Gasteiger partial charge in [0.2, 0.25) is 0 Å². The van der Waals surface area contributed by atoms with E-state index in [1.54, 1.807) is 0 Å². The number of carbonyl (C=O) groups is 3. The zero-order chi connectivity index (χ0) is 23.1. The van der Waals surface area contributed by atoms with Gasteiger partial charge in [-0.25, -0.2) is 9.78 Å². The predicted octanol–water partition coefficient (Wildman–Crippen LogP) is 3.14. The molecule has 0 aliphatic rings. The molecule has 174 valence electrons. The molecule has 0 saturated heterocycles. The van der Waals surface area contributed by atoms with Crippen molar-refractivity contribution in [3.05, 3.63) is 18.0 Å². The number of rotatable bonds is 15. The van der Waals surface area contributed by atoms with Gasteiger partial charge in [0, 0.05) is 18.7 Å². The number of unbranched alkanes of at least 4 members (excludes halogenated alkanes) is 4. The van der Waals surface area contributed by atoms with Crippen molar-refractivity contribution in [3.8, 4) is 11.5 Å². The van der Waals surface area contributed by atoms with E-state index in [9.17, 15) is 19.5 Å². The van der Waals surface area contributed by atoms with Crippen LogP contribution in [0.15, 0.2) is 12.3 Å². The lowest BCUT2D eigenvalue weighted by Gasteiger charge is -2.18. The summed E-state index contributed by atoms with van der Waals surface area (Å²) in [7, 11) is 1.35. The Labute approximate surface area is 183 Å². The molecule has 1 aromatic rings. The molecule has 31 heavy (non-hydrogen) atoms. The van der Waals surface area contributed by atoms with Gasteiger partial charge in [0.25, 0.3) is 5.91 Å². The van der Waals surface area contributed by atoms with Gasteiger partial charge >= 0.3 is 11.9 Å². The highest BCUT2D eigenvalue weighted by Crippen LogP contribution is 2.27. The van der Waals surface area contributed by atoms with Crippen LogP contribution in [-0.2, 0) is 19.1 Å². The summed E-state index contributed by atoms with van der Waals surface area (Å²) in [5.74, 6) is -2.23. The second-order valence-electron chi connectivity index (χ2n) is 7.08. The molecule has 2 N–H and O–H groups in total. The number of ether oxygens (including phenoxy) is 3. The van der Waals surface area contributed by atoms with E-state index in [2.05, 4.69) is 17.2 Å². The van der Waals surface area contributed by atoms with Crippen LogP contribution in [0.5, 0.6) is 11.5 Å². The Kier molecular flexibility index (Phi) is 12.7. The fourth-order valence-corrected chi connectivity index (χ4v) is 2.74. The number of methoxy groups -OCH3 is 1. The van der Waals surface area contributed by atoms with Crippen molar-refractivity contribution in [2.45, 2.75) is 71.3 Å². The van der Waals surface area contributed by atoms with Crippen molar-refractivity contribution in [1.82, 2.24) is 10.3 Å². The van der Waals surface area contributed by atoms with Crippen LogP contribution in [0, 0.1) is 0 Å². The van der Waals surface area contributed by atoms with Crippen molar-refractivity contribution >= 4 is 17.8 Å². The summed E-state index contributed by atoms with van der Waals surface area (Å²) >= 11 is 0. The molecule has 0 fully saturated rings. The second-order valence-corrected chi connectivity index (χ2v) is 7.08. The Hall–Kier alpha value is -2.84. The number of carbonyl (C=O) groups excluding carboxylic acids is 3. The van der Waals surface area contributed by atoms with Crippen LogP contribution in [-0.4, -0.2) is 54.3 Å². The molecule has 1 rings (SSSR count). The summed E-state index contributed by atoms with van der Waals surface area (Å²) in [6.07, 6.45) is 6.61. The normalized spacial score (nSPS) is 11.5. The van der Waals surface area contributed by atoms with Crippen molar-refractivity contribution in [2.24, 2.45) is 0 Å². The van der Waals surface area contributed by atoms with Crippen LogP contribution in [0.1, 0.15) is 75.7 Å². The number of aromatic nitrogens is 1. The monoisotopic (exact) mass is 438 g/mol. The Morgan fingerprint density at radius 1 is 1.06 bits per heavy atom. The van der Waals surface area contributed by atoms with Gasteiger partial charge < -0.3 is 24.6 Å². The number of hydrogen-bond donors (Lipinski definition) is 2. The molecule has 9 heteroatoms. The molecule has 0 saturated carbocycles. The first-order valence-electron chi connectivity index (χ1n) is 10.8. The maximum absolute atomic E-state index is 12.6. The van der Waals surface area contributed by atoms with Crippen molar-refractivity contribution in [3.63, 3.8) is 0 Å². The minimum Gasteiger partial charge on any atom is -0.503 e. The molecular weight excluding hydrogens is 404 g/mol. The van der Waals surface area contributed by atoms with E-state index >= 15 is 0 Å². The number of amides is 1. The first kappa shape index (κ1) is 26.2. The molecule has 9 nitrogen and oxygen atoms in total. The van der Waals surface area contributed by atoms with Crippen LogP contribution < -0.4 is 10.1 Å². The van der Waals surface area contributed by atoms with Gasteiger partial charge in [0.05, 0.1) is 20.3 Å². The number of nitrogens with zero attached hydrogens (tertiary/aromatic N) is 1. The summed E-state index contributed by atoms with van der Waals surface area (Å²) in [5.41, 5.74) is -0.287. The average molecular weight is 439 g/mol. The molecule has 0 spiro atoms. The van der Waals surface area contributed by atoms with Crippen molar-refractivity contribution < 1.29 is 33.7 Å². The first-order valence-corrected chi connectivity index (χ1v) is 10.8. The molecule has 0 aliphatic carbocycles. The summed E-state index contributed by atoms with van der Waals surface area (Å²) in [5, 5.41) is 12.6. The number of aromatic hydroxyl groups is 1. The van der Waals surface area contributed by atoms with Gasteiger partial charge in [-0.15, -0.1) is 0 Å². The number of hydrogen-bond acceptors (Lipinski definition) is 8. The van der Waals surface area contributed by atoms with E-state index in [0.29, 0.717) is 13.0 Å². The van der Waals surface area contributed by atoms with Gasteiger partial charge in [-0.05, 0) is 19.3 Å². The third-order valence-electron chi connectivity index (χ3n) is 4.55. The molecular formula is C22H34N2O7. The van der Waals surface area contributed by atoms with Crippen molar-refractivity contribution in [1.29, 1.82) is 0 Å². The fourth-order valence-electron chi connectivity index (χ4n) is 2.74. The van der Waals surface area contributed by atoms with Gasteiger partial charge in [0.15, 0.2) is 17.2 Å². The highest BCUT2D eigenvalue weighted by molar-refractivity contribution is 5.98. The lowest BCUT2D eigenvalue weighted by Crippen LogP contribution is -2.42. The fraction of sp³-hybridized carbons (Fsp3) is 0.636. The minimum atomic E-state index is -1.08. The zero-order valence-corrected chi connectivity index (χ0v) is 18.6. The summed E-state index contributed by atoms with van der Waals surface area (Å²) in [6.45, 7) is 4.64. The van der Waals surface area contributed by atoms with Gasteiger partial charge in [-0.1, -0.05) is 39.5 Å². The number of pyridine rings is 1. The molecule has 0 radical (unpaired) electrons. The average Bonchev–Trinajstić information content (AvgIpc) is 2.77. The molecule has 1 amide bonds. The number of nitrogens with one attached hydrogen (secondary N) is 1. The number of esters is 2. The van der Waals surface area contributed by atoms with Gasteiger partial charge in [-0.2, -0.15) is 0 Å². The van der Waals surface area contributed by atoms with Crippen LogP contribution in [0.4, 0.5) is 0 Å². The highest BCUT2D eigenvalue weighted by Gasteiger charge is 2.26. The Morgan fingerprint density at radius 3 is 2.32 bits per heavy atom. The molecule has 0 bridgehead atoms. The topological polar surface area (TPSA) is 124 Å². The van der Waals surface area contributed by atoms with Crippen LogP contribution in [0.25, 0.3) is 0 Å². The SMILES string of the molecule is CCCCCOC(=O)CC[C@H](NC(=O)c1nccc(OC)c1O)C(=O)OCCCCC. The maximum atomic E-state index is 12.6. The smallest absolute Gasteiger partial charge is 0.328 e. The van der Waals surface area contributed by atoms with Gasteiger partial charge in [0.1, 0.15) is 6.04 Å². The van der Waals surface area contributed by atoms with Crippen LogP contribution >= 0.6 is 0 Å². The summed E-state index contributed by atoms with van der Waals surface area (Å²) in [4.78, 5) is 40.9. The standard InChI is InChI=1S/C22H34N2O7/c1-4-6-8-14-30-18(25)11-10-16(22(28)31-15-9-7-5-2)24-21(27)19-20(26)17(29-3)12-13-23-19/h12-13,16,26H,4-11,14-15H2,1-3H3,(H,24,27)/t16-/m0/s1. The molecule has 0 unspecified atom stereocenters. The molecule has 1 atom stereocenters.